The van der Waals surface area contributed by atoms with Gasteiger partial charge in [0, 0.05) is 13.1 Å². The summed E-state index contributed by atoms with van der Waals surface area (Å²) in [4.78, 5) is 14.0. The van der Waals surface area contributed by atoms with Crippen LogP contribution < -0.4 is 0 Å². The first-order chi connectivity index (χ1) is 7.30. The van der Waals surface area contributed by atoms with Crippen molar-refractivity contribution in [2.45, 2.75) is 25.8 Å². The lowest BCUT2D eigenvalue weighted by molar-refractivity contribution is -0.132. The summed E-state index contributed by atoms with van der Waals surface area (Å²) in [5.41, 5.74) is 1.33. The number of amides is 1. The van der Waals surface area contributed by atoms with Crippen LogP contribution in [0.5, 0.6) is 0 Å². The molecule has 1 heterocycles. The van der Waals surface area contributed by atoms with Crippen LogP contribution in [0.25, 0.3) is 0 Å². The maximum Gasteiger partial charge on any atom is 0.229 e. The fraction of sp³-hybridized carbons (Fsp3) is 0.462. The third-order valence-corrected chi connectivity index (χ3v) is 3.67. The van der Waals surface area contributed by atoms with E-state index in [2.05, 4.69) is 12.1 Å². The van der Waals surface area contributed by atoms with Crippen LogP contribution in [-0.2, 0) is 11.3 Å². The Morgan fingerprint density at radius 1 is 1.13 bits per heavy atom. The van der Waals surface area contributed by atoms with Crippen molar-refractivity contribution in [2.75, 3.05) is 6.54 Å². The summed E-state index contributed by atoms with van der Waals surface area (Å²) < 4.78 is 0. The molecule has 0 bridgehead atoms. The molecule has 0 atom stereocenters. The van der Waals surface area contributed by atoms with E-state index in [1.807, 2.05) is 23.1 Å². The van der Waals surface area contributed by atoms with E-state index in [-0.39, 0.29) is 5.41 Å². The average molecular weight is 201 g/mol. The van der Waals surface area contributed by atoms with Gasteiger partial charge < -0.3 is 4.90 Å². The standard InChI is InChI=1S/C13H15NO/c15-12-13(6-7-13)8-9-14(12)10-11-4-2-1-3-5-11/h1-5H,6-10H2. The predicted molar refractivity (Wildman–Crippen MR) is 58.1 cm³/mol. The van der Waals surface area contributed by atoms with Gasteiger partial charge >= 0.3 is 0 Å². The summed E-state index contributed by atoms with van der Waals surface area (Å²) >= 11 is 0. The highest BCUT2D eigenvalue weighted by Crippen LogP contribution is 2.53. The van der Waals surface area contributed by atoms with Gasteiger partial charge in [-0.1, -0.05) is 30.3 Å². The van der Waals surface area contributed by atoms with Gasteiger partial charge in [-0.05, 0) is 24.8 Å². The zero-order valence-electron chi connectivity index (χ0n) is 8.78. The molecule has 0 N–H and O–H groups in total. The van der Waals surface area contributed by atoms with Gasteiger partial charge in [0.15, 0.2) is 0 Å². The zero-order chi connectivity index (χ0) is 10.3. The SMILES string of the molecule is O=C1N(Cc2ccccc2)CCC12CC2. The van der Waals surface area contributed by atoms with Crippen LogP contribution in [0.15, 0.2) is 30.3 Å². The van der Waals surface area contributed by atoms with Crippen molar-refractivity contribution in [1.29, 1.82) is 0 Å². The molecule has 2 nitrogen and oxygen atoms in total. The molecule has 3 rings (SSSR count). The Morgan fingerprint density at radius 2 is 1.87 bits per heavy atom. The third-order valence-electron chi connectivity index (χ3n) is 3.67. The van der Waals surface area contributed by atoms with Gasteiger partial charge in [-0.2, -0.15) is 0 Å². The fourth-order valence-corrected chi connectivity index (χ4v) is 2.46. The first-order valence-electron chi connectivity index (χ1n) is 5.64. The van der Waals surface area contributed by atoms with E-state index in [0.29, 0.717) is 5.91 Å². The highest BCUT2D eigenvalue weighted by Gasteiger charge is 2.55. The molecule has 1 aliphatic carbocycles. The maximum absolute atomic E-state index is 12.0. The third kappa shape index (κ3) is 1.44. The topological polar surface area (TPSA) is 20.3 Å². The van der Waals surface area contributed by atoms with Gasteiger partial charge in [0.25, 0.3) is 0 Å². The number of hydrogen-bond acceptors (Lipinski definition) is 1. The van der Waals surface area contributed by atoms with Crippen LogP contribution in [0, 0.1) is 5.41 Å². The molecule has 0 radical (unpaired) electrons. The summed E-state index contributed by atoms with van der Waals surface area (Å²) in [6.45, 7) is 1.75. The molecule has 2 aliphatic rings. The van der Waals surface area contributed by atoms with Crippen LogP contribution in [0.3, 0.4) is 0 Å². The summed E-state index contributed by atoms with van der Waals surface area (Å²) in [5, 5.41) is 0. The number of hydrogen-bond donors (Lipinski definition) is 0. The van der Waals surface area contributed by atoms with Crippen molar-refractivity contribution in [1.82, 2.24) is 4.90 Å². The normalized spacial score (nSPS) is 22.4. The molecule has 1 saturated carbocycles. The summed E-state index contributed by atoms with van der Waals surface area (Å²) in [6.07, 6.45) is 3.33. The van der Waals surface area contributed by atoms with Crippen LogP contribution in [-0.4, -0.2) is 17.4 Å². The quantitative estimate of drug-likeness (QED) is 0.718. The van der Waals surface area contributed by atoms with Crippen molar-refractivity contribution < 1.29 is 4.79 Å². The molecule has 1 spiro atoms. The number of nitrogens with zero attached hydrogens (tertiary/aromatic N) is 1. The second-order valence-electron chi connectivity index (χ2n) is 4.74. The van der Waals surface area contributed by atoms with Gasteiger partial charge in [0.1, 0.15) is 0 Å². The van der Waals surface area contributed by atoms with Gasteiger partial charge in [-0.25, -0.2) is 0 Å². The van der Waals surface area contributed by atoms with E-state index >= 15 is 0 Å². The maximum atomic E-state index is 12.0. The number of rotatable bonds is 2. The number of likely N-dealkylation sites (tertiary alicyclic amines) is 1. The predicted octanol–water partition coefficient (Wildman–Crippen LogP) is 2.20. The van der Waals surface area contributed by atoms with Crippen molar-refractivity contribution in [2.24, 2.45) is 5.41 Å². The Bertz CT molecular complexity index is 381. The highest BCUT2D eigenvalue weighted by atomic mass is 16.2. The largest absolute Gasteiger partial charge is 0.338 e. The first kappa shape index (κ1) is 8.96. The summed E-state index contributed by atoms with van der Waals surface area (Å²) in [5.74, 6) is 0.395. The lowest BCUT2D eigenvalue weighted by Crippen LogP contribution is -2.27. The van der Waals surface area contributed by atoms with Gasteiger partial charge in [-0.3, -0.25) is 4.79 Å². The van der Waals surface area contributed by atoms with E-state index in [9.17, 15) is 4.79 Å². The monoisotopic (exact) mass is 201 g/mol. The van der Waals surface area contributed by atoms with Crippen molar-refractivity contribution in [3.63, 3.8) is 0 Å². The molecule has 15 heavy (non-hydrogen) atoms. The van der Waals surface area contributed by atoms with E-state index < -0.39 is 0 Å². The van der Waals surface area contributed by atoms with Crippen LogP contribution in [0.2, 0.25) is 0 Å². The van der Waals surface area contributed by atoms with E-state index in [0.717, 1.165) is 32.4 Å². The average Bonchev–Trinajstić information content (AvgIpc) is 3.00. The molecule has 0 aromatic heterocycles. The Morgan fingerprint density at radius 3 is 2.47 bits per heavy atom. The van der Waals surface area contributed by atoms with E-state index in [1.165, 1.54) is 5.56 Å². The minimum absolute atomic E-state index is 0.0920. The number of carbonyl (C=O) groups is 1. The molecule has 1 aliphatic heterocycles. The molecule has 2 heteroatoms. The Labute approximate surface area is 89.9 Å². The van der Waals surface area contributed by atoms with Crippen LogP contribution in [0.4, 0.5) is 0 Å². The Balaban J connectivity index is 1.72. The van der Waals surface area contributed by atoms with E-state index in [4.69, 9.17) is 0 Å². The highest BCUT2D eigenvalue weighted by molar-refractivity contribution is 5.87. The second kappa shape index (κ2) is 3.09. The minimum Gasteiger partial charge on any atom is -0.338 e. The van der Waals surface area contributed by atoms with Gasteiger partial charge in [0.2, 0.25) is 5.91 Å². The number of benzene rings is 1. The Kier molecular flexibility index (Phi) is 1.84. The Hall–Kier alpha value is -1.31. The fourth-order valence-electron chi connectivity index (χ4n) is 2.46. The molecule has 1 amide bonds. The molecule has 0 unspecified atom stereocenters. The minimum atomic E-state index is 0.0920. The van der Waals surface area contributed by atoms with Crippen LogP contribution >= 0.6 is 0 Å². The molecule has 78 valence electrons. The number of carbonyl (C=O) groups excluding carboxylic acids is 1. The van der Waals surface area contributed by atoms with Gasteiger partial charge in [-0.15, -0.1) is 0 Å². The molecule has 1 saturated heterocycles. The van der Waals surface area contributed by atoms with Crippen LogP contribution in [0.1, 0.15) is 24.8 Å². The lowest BCUT2D eigenvalue weighted by atomic mass is 10.1. The van der Waals surface area contributed by atoms with Crippen molar-refractivity contribution >= 4 is 5.91 Å². The van der Waals surface area contributed by atoms with Crippen molar-refractivity contribution in [3.05, 3.63) is 35.9 Å². The first-order valence-corrected chi connectivity index (χ1v) is 5.64. The second-order valence-corrected chi connectivity index (χ2v) is 4.74. The van der Waals surface area contributed by atoms with Gasteiger partial charge in [0.05, 0.1) is 5.41 Å². The molecule has 2 fully saturated rings. The smallest absolute Gasteiger partial charge is 0.229 e. The molecular formula is C13H15NO. The summed E-state index contributed by atoms with van der Waals surface area (Å²) in [7, 11) is 0. The lowest BCUT2D eigenvalue weighted by Gasteiger charge is -2.16. The molecule has 1 aromatic carbocycles. The van der Waals surface area contributed by atoms with E-state index in [1.54, 1.807) is 0 Å². The molecule has 1 aromatic rings. The zero-order valence-corrected chi connectivity index (χ0v) is 8.78. The summed E-state index contributed by atoms with van der Waals surface area (Å²) in [6, 6.07) is 10.2. The van der Waals surface area contributed by atoms with Crippen molar-refractivity contribution in [3.8, 4) is 0 Å². The molecular weight excluding hydrogens is 186 g/mol.